The number of halogens is 1. The van der Waals surface area contributed by atoms with E-state index in [4.69, 9.17) is 21.7 Å². The predicted molar refractivity (Wildman–Crippen MR) is 149 cm³/mol. The van der Waals surface area contributed by atoms with Gasteiger partial charge < -0.3 is 9.47 Å². The van der Waals surface area contributed by atoms with Crippen molar-refractivity contribution in [3.63, 3.8) is 0 Å². The zero-order chi connectivity index (χ0) is 28.2. The number of ether oxygens (including phenoxy) is 2. The zero-order valence-corrected chi connectivity index (χ0v) is 21.3. The molecule has 4 aromatic carbocycles. The van der Waals surface area contributed by atoms with Crippen LogP contribution in [0.5, 0.6) is 23.0 Å². The molecule has 1 heterocycles. The smallest absolute Gasteiger partial charge is 0.312 e. The first-order valence-electron chi connectivity index (χ1n) is 11.7. The Balaban J connectivity index is 1.40. The summed E-state index contributed by atoms with van der Waals surface area (Å²) in [7, 11) is 0. The molecule has 4 aromatic rings. The van der Waals surface area contributed by atoms with E-state index in [9.17, 15) is 24.1 Å². The molecule has 0 bridgehead atoms. The van der Waals surface area contributed by atoms with Crippen LogP contribution in [-0.2, 0) is 9.59 Å². The van der Waals surface area contributed by atoms with Crippen LogP contribution in [0.1, 0.15) is 5.56 Å². The van der Waals surface area contributed by atoms with Crippen LogP contribution in [0.4, 0.5) is 15.8 Å². The molecule has 198 valence electrons. The number of nitrogens with zero attached hydrogens (tertiary/aromatic N) is 2. The molecule has 1 fully saturated rings. The fraction of sp³-hybridized carbons (Fsp3) is 0. The molecule has 0 atom stereocenters. The number of nitrogens with one attached hydrogen (secondary N) is 1. The summed E-state index contributed by atoms with van der Waals surface area (Å²) in [5, 5.41) is 14.1. The van der Waals surface area contributed by atoms with Crippen molar-refractivity contribution in [2.45, 2.75) is 0 Å². The number of carbonyl (C=O) groups is 2. The zero-order valence-electron chi connectivity index (χ0n) is 20.4. The Bertz CT molecular complexity index is 1660. The van der Waals surface area contributed by atoms with Crippen LogP contribution in [0.2, 0.25) is 0 Å². The fourth-order valence-corrected chi connectivity index (χ4v) is 4.11. The maximum absolute atomic E-state index is 13.4. The molecule has 1 N–H and O–H groups in total. The molecule has 0 aliphatic carbocycles. The second-order valence-corrected chi connectivity index (χ2v) is 8.79. The highest BCUT2D eigenvalue weighted by atomic mass is 32.1. The molecule has 0 aromatic heterocycles. The van der Waals surface area contributed by atoms with Gasteiger partial charge in [0.1, 0.15) is 28.6 Å². The Hall–Kier alpha value is -5.42. The van der Waals surface area contributed by atoms with E-state index < -0.39 is 28.2 Å². The quantitative estimate of drug-likeness (QED) is 0.0957. The maximum atomic E-state index is 13.4. The molecule has 11 heteroatoms. The minimum absolute atomic E-state index is 0.0983. The summed E-state index contributed by atoms with van der Waals surface area (Å²) in [6.07, 6.45) is 1.23. The van der Waals surface area contributed by atoms with Crippen molar-refractivity contribution in [1.82, 2.24) is 5.32 Å². The van der Waals surface area contributed by atoms with E-state index in [1.54, 1.807) is 36.4 Å². The molecule has 0 radical (unpaired) electrons. The third-order valence-electron chi connectivity index (χ3n) is 5.71. The number of benzene rings is 4. The molecule has 5 rings (SSSR count). The molecule has 0 spiro atoms. The van der Waals surface area contributed by atoms with Crippen LogP contribution >= 0.6 is 12.2 Å². The van der Waals surface area contributed by atoms with Crippen molar-refractivity contribution < 1.29 is 28.4 Å². The van der Waals surface area contributed by atoms with Gasteiger partial charge in [-0.15, -0.1) is 0 Å². The number of para-hydroxylation sites is 1. The fourth-order valence-electron chi connectivity index (χ4n) is 3.83. The Morgan fingerprint density at radius 2 is 1.48 bits per heavy atom. The van der Waals surface area contributed by atoms with Crippen molar-refractivity contribution in [2.24, 2.45) is 0 Å². The van der Waals surface area contributed by atoms with Crippen molar-refractivity contribution in [3.8, 4) is 23.0 Å². The number of carbonyl (C=O) groups excluding carboxylic acids is 2. The van der Waals surface area contributed by atoms with Crippen LogP contribution < -0.4 is 19.7 Å². The van der Waals surface area contributed by atoms with Crippen LogP contribution in [0.15, 0.2) is 103 Å². The molecule has 1 aliphatic rings. The Labute approximate surface area is 232 Å². The Kier molecular flexibility index (Phi) is 7.29. The first-order valence-corrected chi connectivity index (χ1v) is 12.2. The SMILES string of the molecule is O=C1NC(=S)N(c2ccc(Oc3ccccc3)cc2)C(=O)C1=Cc1ccc(Oc2ccc(F)cc2)c([N+](=O)[O-])c1. The summed E-state index contributed by atoms with van der Waals surface area (Å²) in [6, 6.07) is 24.6. The normalized spacial score (nSPS) is 14.2. The number of nitro benzene ring substituents is 1. The number of amides is 2. The third-order valence-corrected chi connectivity index (χ3v) is 5.99. The van der Waals surface area contributed by atoms with Gasteiger partial charge in [0, 0.05) is 6.07 Å². The van der Waals surface area contributed by atoms with Crippen LogP contribution in [0.3, 0.4) is 0 Å². The Morgan fingerprint density at radius 3 is 2.15 bits per heavy atom. The molecular formula is C29H18FN3O6S. The lowest BCUT2D eigenvalue weighted by atomic mass is 10.1. The van der Waals surface area contributed by atoms with Crippen molar-refractivity contribution in [2.75, 3.05) is 4.90 Å². The van der Waals surface area contributed by atoms with Crippen LogP contribution in [0.25, 0.3) is 6.08 Å². The van der Waals surface area contributed by atoms with E-state index in [0.717, 1.165) is 17.0 Å². The monoisotopic (exact) mass is 555 g/mol. The van der Waals surface area contributed by atoms with E-state index in [1.165, 1.54) is 36.4 Å². The van der Waals surface area contributed by atoms with Gasteiger partial charge >= 0.3 is 5.69 Å². The number of thiocarbonyl (C=S) groups is 1. The number of hydrogen-bond acceptors (Lipinski definition) is 7. The van der Waals surface area contributed by atoms with E-state index >= 15 is 0 Å². The van der Waals surface area contributed by atoms with E-state index in [0.29, 0.717) is 17.2 Å². The first kappa shape index (κ1) is 26.2. The largest absolute Gasteiger partial charge is 0.457 e. The van der Waals surface area contributed by atoms with Crippen LogP contribution in [0, 0.1) is 15.9 Å². The van der Waals surface area contributed by atoms with Gasteiger partial charge in [0.15, 0.2) is 5.11 Å². The molecule has 0 saturated carbocycles. The molecular weight excluding hydrogens is 537 g/mol. The summed E-state index contributed by atoms with van der Waals surface area (Å²) in [6.45, 7) is 0. The van der Waals surface area contributed by atoms with Gasteiger partial charge in [-0.3, -0.25) is 29.9 Å². The van der Waals surface area contributed by atoms with Crippen molar-refractivity contribution >= 4 is 46.6 Å². The standard InChI is InChI=1S/C29H18FN3O6S/c30-19-7-11-23(12-8-19)39-26-15-6-18(17-25(26)33(36)37)16-24-27(34)31-29(40)32(28(24)35)20-9-13-22(14-10-20)38-21-4-2-1-3-5-21/h1-17H,(H,31,34,40). The van der Waals surface area contributed by atoms with Gasteiger partial charge in [-0.2, -0.15) is 0 Å². The summed E-state index contributed by atoms with van der Waals surface area (Å²) in [4.78, 5) is 38.3. The second-order valence-electron chi connectivity index (χ2n) is 8.41. The van der Waals surface area contributed by atoms with E-state index in [-0.39, 0.29) is 27.7 Å². The number of nitro groups is 1. The van der Waals surface area contributed by atoms with Gasteiger partial charge in [-0.25, -0.2) is 4.39 Å². The van der Waals surface area contributed by atoms with Gasteiger partial charge in [-0.05, 0) is 90.6 Å². The van der Waals surface area contributed by atoms with E-state index in [2.05, 4.69) is 5.32 Å². The van der Waals surface area contributed by atoms with Gasteiger partial charge in [0.2, 0.25) is 5.75 Å². The van der Waals surface area contributed by atoms with Gasteiger partial charge in [0.25, 0.3) is 11.8 Å². The molecule has 1 saturated heterocycles. The average Bonchev–Trinajstić information content (AvgIpc) is 2.94. The molecule has 2 amide bonds. The number of rotatable bonds is 7. The summed E-state index contributed by atoms with van der Waals surface area (Å²) >= 11 is 5.25. The van der Waals surface area contributed by atoms with Crippen molar-refractivity contribution in [1.29, 1.82) is 0 Å². The topological polar surface area (TPSA) is 111 Å². The van der Waals surface area contributed by atoms with Crippen molar-refractivity contribution in [3.05, 3.63) is 124 Å². The number of hydrogen-bond donors (Lipinski definition) is 1. The highest BCUT2D eigenvalue weighted by Crippen LogP contribution is 2.33. The molecule has 1 aliphatic heterocycles. The lowest BCUT2D eigenvalue weighted by Crippen LogP contribution is -2.54. The van der Waals surface area contributed by atoms with Crippen LogP contribution in [-0.4, -0.2) is 21.9 Å². The third kappa shape index (κ3) is 5.69. The lowest BCUT2D eigenvalue weighted by molar-refractivity contribution is -0.385. The summed E-state index contributed by atoms with van der Waals surface area (Å²) in [5.41, 5.74) is -0.102. The highest BCUT2D eigenvalue weighted by Gasteiger charge is 2.34. The lowest BCUT2D eigenvalue weighted by Gasteiger charge is -2.29. The number of anilines is 1. The summed E-state index contributed by atoms with van der Waals surface area (Å²) in [5.74, 6) is -0.671. The Morgan fingerprint density at radius 1 is 0.850 bits per heavy atom. The van der Waals surface area contributed by atoms with E-state index in [1.807, 2.05) is 18.2 Å². The molecule has 0 unspecified atom stereocenters. The molecule has 40 heavy (non-hydrogen) atoms. The average molecular weight is 556 g/mol. The highest BCUT2D eigenvalue weighted by molar-refractivity contribution is 7.80. The second kappa shape index (κ2) is 11.1. The maximum Gasteiger partial charge on any atom is 0.312 e. The predicted octanol–water partition coefficient (Wildman–Crippen LogP) is 6.15. The minimum atomic E-state index is -0.746. The summed E-state index contributed by atoms with van der Waals surface area (Å²) < 4.78 is 24.5. The first-order chi connectivity index (χ1) is 19.3. The minimum Gasteiger partial charge on any atom is -0.457 e. The van der Waals surface area contributed by atoms with Gasteiger partial charge in [0.05, 0.1) is 10.6 Å². The molecule has 9 nitrogen and oxygen atoms in total. The van der Waals surface area contributed by atoms with Gasteiger partial charge in [-0.1, -0.05) is 24.3 Å².